The summed E-state index contributed by atoms with van der Waals surface area (Å²) >= 11 is 5.59. The third-order valence-corrected chi connectivity index (χ3v) is 4.56. The number of rotatable bonds is 3. The predicted octanol–water partition coefficient (Wildman–Crippen LogP) is 4.58. The molecule has 11 heteroatoms. The number of nitrogens with zero attached hydrogens (tertiary/aromatic N) is 1. The average Bonchev–Trinajstić information content (AvgIpc) is 2.45. The molecule has 0 saturated heterocycles. The van der Waals surface area contributed by atoms with Crippen molar-refractivity contribution in [3.05, 3.63) is 52.6 Å². The molecule has 25 heavy (non-hydrogen) atoms. The molecular weight excluding hydrogens is 393 g/mol. The van der Waals surface area contributed by atoms with Crippen molar-refractivity contribution in [2.45, 2.75) is 10.4 Å². The van der Waals surface area contributed by atoms with E-state index in [1.807, 2.05) is 0 Å². The van der Waals surface area contributed by atoms with Crippen LogP contribution in [0.4, 0.5) is 22.0 Å². The fraction of sp³-hybridized carbons (Fsp3) is 0.0714. The van der Waals surface area contributed by atoms with E-state index in [9.17, 15) is 30.4 Å². The fourth-order valence-electron chi connectivity index (χ4n) is 1.78. The van der Waals surface area contributed by atoms with E-state index in [-0.39, 0.29) is 10.8 Å². The summed E-state index contributed by atoms with van der Waals surface area (Å²) in [6.07, 6.45) is 0. The van der Waals surface area contributed by atoms with E-state index in [1.165, 1.54) is 6.07 Å². The molecule has 0 aliphatic rings. The van der Waals surface area contributed by atoms with Crippen molar-refractivity contribution in [1.82, 2.24) is 0 Å². The Kier molecular flexibility index (Phi) is 4.92. The van der Waals surface area contributed by atoms with Gasteiger partial charge >= 0.3 is 5.51 Å². The Labute approximate surface area is 142 Å². The van der Waals surface area contributed by atoms with Crippen LogP contribution in [0.25, 0.3) is 0 Å². The zero-order valence-electron chi connectivity index (χ0n) is 11.7. The van der Waals surface area contributed by atoms with E-state index in [2.05, 4.69) is 0 Å². The first-order valence-corrected chi connectivity index (χ1v) is 8.01. The highest BCUT2D eigenvalue weighted by Crippen LogP contribution is 2.36. The van der Waals surface area contributed by atoms with Crippen molar-refractivity contribution >= 4 is 21.4 Å². The summed E-state index contributed by atoms with van der Waals surface area (Å²) in [6.45, 7) is 0. The first-order chi connectivity index (χ1) is 11.5. The van der Waals surface area contributed by atoms with Gasteiger partial charge in [0, 0.05) is 11.1 Å². The highest BCUT2D eigenvalue weighted by molar-refractivity contribution is 7.92. The summed E-state index contributed by atoms with van der Waals surface area (Å²) in [6, 6.07) is 5.03. The molecule has 0 unspecified atom stereocenters. The lowest BCUT2D eigenvalue weighted by Gasteiger charge is -2.13. The molecule has 0 aromatic heterocycles. The molecule has 4 nitrogen and oxygen atoms in total. The van der Waals surface area contributed by atoms with E-state index in [0.29, 0.717) is 12.1 Å². The molecule has 0 radical (unpaired) electrons. The molecule has 0 heterocycles. The van der Waals surface area contributed by atoms with Crippen LogP contribution in [-0.2, 0) is 9.84 Å². The zero-order chi connectivity index (χ0) is 19.0. The molecule has 0 N–H and O–H groups in total. The monoisotopic (exact) mass is 397 g/mol. The molecule has 0 bridgehead atoms. The summed E-state index contributed by atoms with van der Waals surface area (Å²) in [4.78, 5) is -1.72. The Morgan fingerprint density at radius 1 is 1.12 bits per heavy atom. The number of ether oxygens (including phenoxy) is 1. The topological polar surface area (TPSA) is 67.2 Å². The lowest BCUT2D eigenvalue weighted by atomic mass is 10.2. The van der Waals surface area contributed by atoms with Gasteiger partial charge in [-0.1, -0.05) is 11.6 Å². The van der Waals surface area contributed by atoms with Crippen LogP contribution in [0.2, 0.25) is 5.02 Å². The van der Waals surface area contributed by atoms with Gasteiger partial charge in [0.1, 0.15) is 33.8 Å². The Bertz CT molecular complexity index is 963. The normalized spacial score (nSPS) is 11.9. The van der Waals surface area contributed by atoms with Crippen LogP contribution in [0.1, 0.15) is 5.56 Å². The maximum absolute atomic E-state index is 14.1. The van der Waals surface area contributed by atoms with Crippen molar-refractivity contribution in [3.8, 4) is 17.6 Å². The Morgan fingerprint density at radius 2 is 1.76 bits per heavy atom. The smallest absolute Gasteiger partial charge is 0.456 e. The predicted molar refractivity (Wildman–Crippen MR) is 75.8 cm³/mol. The second-order valence-electron chi connectivity index (χ2n) is 4.52. The standard InChI is InChI=1S/C14H5ClF5NO3S/c15-7-3-8(16)5-9(4-7)24-11-1-2-12(13(17)10(11)6-21)25(22,23)14(18,19)20/h1-5H. The molecule has 0 atom stereocenters. The van der Waals surface area contributed by atoms with Gasteiger partial charge in [0.05, 0.1) is 0 Å². The average molecular weight is 398 g/mol. The quantitative estimate of drug-likeness (QED) is 0.711. The highest BCUT2D eigenvalue weighted by atomic mass is 35.5. The van der Waals surface area contributed by atoms with E-state index in [4.69, 9.17) is 21.6 Å². The van der Waals surface area contributed by atoms with Crippen LogP contribution in [0, 0.1) is 23.0 Å². The van der Waals surface area contributed by atoms with Crippen LogP contribution < -0.4 is 4.74 Å². The molecular formula is C14H5ClF5NO3S. The molecule has 2 rings (SSSR count). The molecule has 0 saturated carbocycles. The van der Waals surface area contributed by atoms with Gasteiger partial charge in [-0.2, -0.15) is 18.4 Å². The maximum Gasteiger partial charge on any atom is 0.502 e. The van der Waals surface area contributed by atoms with Crippen molar-refractivity contribution in [3.63, 3.8) is 0 Å². The van der Waals surface area contributed by atoms with Crippen LogP contribution in [0.3, 0.4) is 0 Å². The van der Waals surface area contributed by atoms with Crippen LogP contribution in [0.5, 0.6) is 11.5 Å². The van der Waals surface area contributed by atoms with Crippen LogP contribution >= 0.6 is 11.6 Å². The van der Waals surface area contributed by atoms with Crippen molar-refractivity contribution < 1.29 is 35.1 Å². The molecule has 0 aliphatic heterocycles. The Morgan fingerprint density at radius 3 is 2.28 bits per heavy atom. The van der Waals surface area contributed by atoms with Gasteiger partial charge in [0.2, 0.25) is 0 Å². The lowest BCUT2D eigenvalue weighted by molar-refractivity contribution is -0.0437. The second kappa shape index (κ2) is 6.50. The minimum absolute atomic E-state index is 0.0924. The molecule has 0 spiro atoms. The second-order valence-corrected chi connectivity index (χ2v) is 6.87. The number of alkyl halides is 3. The molecule has 0 amide bonds. The van der Waals surface area contributed by atoms with Gasteiger partial charge in [0.25, 0.3) is 9.84 Å². The molecule has 2 aromatic carbocycles. The van der Waals surface area contributed by atoms with E-state index >= 15 is 0 Å². The summed E-state index contributed by atoms with van der Waals surface area (Å²) < 4.78 is 92.7. The third kappa shape index (κ3) is 3.67. The molecule has 132 valence electrons. The summed E-state index contributed by atoms with van der Waals surface area (Å²) in [5.41, 5.74) is -6.84. The summed E-state index contributed by atoms with van der Waals surface area (Å²) in [5.74, 6) is -3.63. The maximum atomic E-state index is 14.1. The molecule has 0 fully saturated rings. The number of halogens is 6. The Balaban J connectivity index is 2.57. The van der Waals surface area contributed by atoms with Crippen LogP contribution in [0.15, 0.2) is 35.2 Å². The van der Waals surface area contributed by atoms with Gasteiger partial charge in [-0.05, 0) is 24.3 Å². The number of benzene rings is 2. The van der Waals surface area contributed by atoms with Crippen molar-refractivity contribution in [1.29, 1.82) is 5.26 Å². The SMILES string of the molecule is N#Cc1c(Oc2cc(F)cc(Cl)c2)ccc(S(=O)(=O)C(F)(F)F)c1F. The third-order valence-electron chi connectivity index (χ3n) is 2.84. The minimum atomic E-state index is -6.01. The van der Waals surface area contributed by atoms with Gasteiger partial charge in [0.15, 0.2) is 5.82 Å². The number of sulfone groups is 1. The number of hydrogen-bond donors (Lipinski definition) is 0. The van der Waals surface area contributed by atoms with E-state index in [1.54, 1.807) is 0 Å². The van der Waals surface area contributed by atoms with Crippen molar-refractivity contribution in [2.75, 3.05) is 0 Å². The van der Waals surface area contributed by atoms with Gasteiger partial charge < -0.3 is 4.74 Å². The van der Waals surface area contributed by atoms with Gasteiger partial charge in [-0.3, -0.25) is 0 Å². The summed E-state index contributed by atoms with van der Waals surface area (Å²) in [5, 5.41) is 8.84. The largest absolute Gasteiger partial charge is 0.502 e. The minimum Gasteiger partial charge on any atom is -0.456 e. The summed E-state index contributed by atoms with van der Waals surface area (Å²) in [7, 11) is -6.01. The van der Waals surface area contributed by atoms with Crippen LogP contribution in [-0.4, -0.2) is 13.9 Å². The lowest BCUT2D eigenvalue weighted by Crippen LogP contribution is -2.24. The fourth-order valence-corrected chi connectivity index (χ4v) is 2.82. The number of hydrogen-bond acceptors (Lipinski definition) is 4. The first kappa shape index (κ1) is 19.0. The van der Waals surface area contributed by atoms with E-state index < -0.39 is 43.2 Å². The highest BCUT2D eigenvalue weighted by Gasteiger charge is 2.48. The van der Waals surface area contributed by atoms with Crippen molar-refractivity contribution in [2.24, 2.45) is 0 Å². The van der Waals surface area contributed by atoms with Gasteiger partial charge in [-0.25, -0.2) is 17.2 Å². The Hall–Kier alpha value is -2.38. The molecule has 2 aromatic rings. The van der Waals surface area contributed by atoms with Gasteiger partial charge in [-0.15, -0.1) is 0 Å². The van der Waals surface area contributed by atoms with E-state index in [0.717, 1.165) is 18.2 Å². The first-order valence-electron chi connectivity index (χ1n) is 6.15. The number of nitriles is 1. The zero-order valence-corrected chi connectivity index (χ0v) is 13.3. The molecule has 0 aliphatic carbocycles.